The zero-order chi connectivity index (χ0) is 32.3. The molecular formula is C28H61N4O8P. The molecule has 0 aliphatic rings. The maximum atomic E-state index is 11.9. The third-order valence-electron chi connectivity index (χ3n) is 5.05. The molecule has 0 aromatic rings. The molecule has 0 radical (unpaired) electrons. The molecule has 12 nitrogen and oxygen atoms in total. The molecule has 0 fully saturated rings. The first-order valence-corrected chi connectivity index (χ1v) is 16.1. The zero-order valence-corrected chi connectivity index (χ0v) is 27.7. The third-order valence-corrected chi connectivity index (χ3v) is 5.74. The monoisotopic (exact) mass is 612 g/mol. The van der Waals surface area contributed by atoms with Gasteiger partial charge >= 0.3 is 8.60 Å². The Morgan fingerprint density at radius 2 is 1.17 bits per heavy atom. The average molecular weight is 613 g/mol. The fourth-order valence-corrected chi connectivity index (χ4v) is 3.52. The van der Waals surface area contributed by atoms with Gasteiger partial charge in [-0.25, -0.2) is 0 Å². The SMILES string of the molecule is CC.CC.CC(N)=O.COP(O)OCC(CO)CCCCNC(=O)CCCCCNC(=O)CCCCCNC(C)=O. The third kappa shape index (κ3) is 45.4. The van der Waals surface area contributed by atoms with Gasteiger partial charge in [-0.2, -0.15) is 0 Å². The van der Waals surface area contributed by atoms with Gasteiger partial charge in [-0.3, -0.25) is 19.2 Å². The van der Waals surface area contributed by atoms with Crippen LogP contribution >= 0.6 is 8.60 Å². The molecule has 0 heterocycles. The summed E-state index contributed by atoms with van der Waals surface area (Å²) in [6.07, 6.45) is 8.55. The van der Waals surface area contributed by atoms with E-state index in [0.717, 1.165) is 57.8 Å². The summed E-state index contributed by atoms with van der Waals surface area (Å²) >= 11 is 0. The lowest BCUT2D eigenvalue weighted by Crippen LogP contribution is -2.25. The normalized spacial score (nSPS) is 11.1. The molecule has 13 heteroatoms. The van der Waals surface area contributed by atoms with E-state index in [1.807, 2.05) is 27.7 Å². The molecule has 0 saturated heterocycles. The second kappa shape index (κ2) is 38.1. The number of unbranched alkanes of at least 4 members (excludes halogenated alkanes) is 5. The number of primary amides is 1. The summed E-state index contributed by atoms with van der Waals surface area (Å²) in [7, 11) is -0.502. The molecule has 7 N–H and O–H groups in total. The molecule has 0 saturated carbocycles. The minimum absolute atomic E-state index is 0.0143. The van der Waals surface area contributed by atoms with Crippen molar-refractivity contribution in [3.05, 3.63) is 0 Å². The summed E-state index contributed by atoms with van der Waals surface area (Å²) in [6.45, 7) is 12.9. The van der Waals surface area contributed by atoms with Gasteiger partial charge < -0.3 is 40.7 Å². The maximum Gasteiger partial charge on any atom is 0.329 e. The second-order valence-electron chi connectivity index (χ2n) is 8.68. The van der Waals surface area contributed by atoms with Gasteiger partial charge in [-0.15, -0.1) is 0 Å². The topological polar surface area (TPSA) is 189 Å². The Bertz CT molecular complexity index is 612. The van der Waals surface area contributed by atoms with Crippen molar-refractivity contribution in [1.82, 2.24) is 16.0 Å². The first kappa shape index (κ1) is 46.1. The van der Waals surface area contributed by atoms with Crippen LogP contribution in [0.4, 0.5) is 0 Å². The Hall–Kier alpha value is -1.85. The largest absolute Gasteiger partial charge is 0.396 e. The molecule has 246 valence electrons. The maximum absolute atomic E-state index is 11.9. The molecule has 0 aromatic heterocycles. The van der Waals surface area contributed by atoms with E-state index in [0.29, 0.717) is 32.5 Å². The number of nitrogens with two attached hydrogens (primary N) is 1. The van der Waals surface area contributed by atoms with E-state index in [1.54, 1.807) is 0 Å². The number of amides is 4. The Morgan fingerprint density at radius 1 is 0.756 bits per heavy atom. The molecule has 0 aliphatic heterocycles. The van der Waals surface area contributed by atoms with E-state index in [1.165, 1.54) is 21.0 Å². The van der Waals surface area contributed by atoms with Crippen LogP contribution in [0.5, 0.6) is 0 Å². The summed E-state index contributed by atoms with van der Waals surface area (Å²) in [6, 6.07) is 0. The predicted octanol–water partition coefficient (Wildman–Crippen LogP) is 3.68. The standard InChI is InChI=1S/C22H44N3O7P.C2H5NO.2C2H6/c1-19(27)23-14-8-3-5-12-21(28)24-15-9-4-6-13-22(29)25-16-10-7-11-20(17-26)18-32-33(30)31-2;1-2(3)4;2*1-2/h20,26,30H,3-18H2,1-2H3,(H,23,27)(H,24,28)(H,25,29);1H3,(H2,3,4);2*1-2H3. The number of hydrogen-bond donors (Lipinski definition) is 6. The number of nitrogens with one attached hydrogen (secondary N) is 3. The smallest absolute Gasteiger partial charge is 0.329 e. The van der Waals surface area contributed by atoms with E-state index in [9.17, 15) is 29.2 Å². The summed E-state index contributed by atoms with van der Waals surface area (Å²) in [5.41, 5.74) is 4.47. The molecule has 4 amide bonds. The van der Waals surface area contributed by atoms with Crippen LogP contribution in [0.15, 0.2) is 0 Å². The summed E-state index contributed by atoms with van der Waals surface area (Å²) < 4.78 is 9.74. The lowest BCUT2D eigenvalue weighted by atomic mass is 10.0. The predicted molar refractivity (Wildman–Crippen MR) is 166 cm³/mol. The van der Waals surface area contributed by atoms with Crippen LogP contribution in [-0.2, 0) is 28.2 Å². The molecule has 0 aromatic carbocycles. The van der Waals surface area contributed by atoms with Crippen molar-refractivity contribution in [3.8, 4) is 0 Å². The van der Waals surface area contributed by atoms with Crippen LogP contribution in [0, 0.1) is 5.92 Å². The summed E-state index contributed by atoms with van der Waals surface area (Å²) in [4.78, 5) is 52.8. The molecule has 0 aliphatic carbocycles. The van der Waals surface area contributed by atoms with Gasteiger partial charge in [-0.05, 0) is 38.5 Å². The van der Waals surface area contributed by atoms with Gasteiger partial charge in [0.2, 0.25) is 23.6 Å². The van der Waals surface area contributed by atoms with Crippen molar-refractivity contribution < 1.29 is 38.2 Å². The van der Waals surface area contributed by atoms with Crippen molar-refractivity contribution in [2.24, 2.45) is 11.7 Å². The number of hydrogen-bond acceptors (Lipinski definition) is 8. The van der Waals surface area contributed by atoms with Crippen molar-refractivity contribution in [1.29, 1.82) is 0 Å². The average Bonchev–Trinajstić information content (AvgIpc) is 2.95. The number of rotatable bonds is 22. The van der Waals surface area contributed by atoms with Crippen LogP contribution < -0.4 is 21.7 Å². The number of aliphatic hydroxyl groups excluding tert-OH is 1. The number of aliphatic hydroxyl groups is 1. The highest BCUT2D eigenvalue weighted by Gasteiger charge is 2.12. The fraction of sp³-hybridized carbons (Fsp3) is 0.857. The minimum Gasteiger partial charge on any atom is -0.396 e. The fourth-order valence-electron chi connectivity index (χ4n) is 3.08. The highest BCUT2D eigenvalue weighted by Crippen LogP contribution is 2.32. The van der Waals surface area contributed by atoms with Gasteiger partial charge in [0.15, 0.2) is 0 Å². The lowest BCUT2D eigenvalue weighted by Gasteiger charge is -2.15. The molecule has 2 unspecified atom stereocenters. The first-order chi connectivity index (χ1) is 19.6. The van der Waals surface area contributed by atoms with Crippen LogP contribution in [0.2, 0.25) is 0 Å². The summed E-state index contributed by atoms with van der Waals surface area (Å²) in [5, 5.41) is 17.9. The Morgan fingerprint density at radius 3 is 1.56 bits per heavy atom. The Kier molecular flexibility index (Phi) is 42.9. The second-order valence-corrected chi connectivity index (χ2v) is 9.77. The Balaban J connectivity index is -0.000000764. The van der Waals surface area contributed by atoms with E-state index in [2.05, 4.69) is 26.2 Å². The molecule has 0 bridgehead atoms. The zero-order valence-electron chi connectivity index (χ0n) is 26.8. The molecule has 41 heavy (non-hydrogen) atoms. The molecular weight excluding hydrogens is 551 g/mol. The molecule has 0 spiro atoms. The van der Waals surface area contributed by atoms with Crippen LogP contribution in [0.25, 0.3) is 0 Å². The minimum atomic E-state index is -1.87. The highest BCUT2D eigenvalue weighted by atomic mass is 31.2. The van der Waals surface area contributed by atoms with Crippen LogP contribution in [-0.4, -0.2) is 73.6 Å². The molecule has 2 atom stereocenters. The number of carbonyl (C=O) groups excluding carboxylic acids is 4. The van der Waals surface area contributed by atoms with Gasteiger partial charge in [0.25, 0.3) is 0 Å². The summed E-state index contributed by atoms with van der Waals surface area (Å²) in [5.74, 6) is -0.325. The van der Waals surface area contributed by atoms with Crippen molar-refractivity contribution in [2.75, 3.05) is 40.0 Å². The van der Waals surface area contributed by atoms with Crippen LogP contribution in [0.3, 0.4) is 0 Å². The quantitative estimate of drug-likeness (QED) is 0.0788. The van der Waals surface area contributed by atoms with Gasteiger partial charge in [-0.1, -0.05) is 47.0 Å². The van der Waals surface area contributed by atoms with E-state index in [4.69, 9.17) is 4.52 Å². The van der Waals surface area contributed by atoms with Crippen molar-refractivity contribution in [2.45, 2.75) is 112 Å². The van der Waals surface area contributed by atoms with Crippen molar-refractivity contribution >= 4 is 32.2 Å². The Labute approximate surface area is 250 Å². The van der Waals surface area contributed by atoms with Crippen LogP contribution in [0.1, 0.15) is 112 Å². The lowest BCUT2D eigenvalue weighted by molar-refractivity contribution is -0.122. The van der Waals surface area contributed by atoms with Gasteiger partial charge in [0, 0.05) is 66.0 Å². The number of carbonyl (C=O) groups is 4. The highest BCUT2D eigenvalue weighted by molar-refractivity contribution is 7.40. The van der Waals surface area contributed by atoms with E-state index >= 15 is 0 Å². The van der Waals surface area contributed by atoms with Gasteiger partial charge in [0.05, 0.1) is 6.61 Å². The van der Waals surface area contributed by atoms with Crippen molar-refractivity contribution in [3.63, 3.8) is 0 Å². The molecule has 0 rings (SSSR count). The van der Waals surface area contributed by atoms with E-state index < -0.39 is 8.60 Å². The first-order valence-electron chi connectivity index (χ1n) is 14.9. The van der Waals surface area contributed by atoms with E-state index in [-0.39, 0.29) is 42.8 Å². The van der Waals surface area contributed by atoms with Gasteiger partial charge in [0.1, 0.15) is 0 Å².